The molecule has 1 aromatic carbocycles. The normalized spacial score (nSPS) is 17.1. The summed E-state index contributed by atoms with van der Waals surface area (Å²) in [6.07, 6.45) is 0.946. The Morgan fingerprint density at radius 3 is 2.75 bits per heavy atom. The quantitative estimate of drug-likeness (QED) is 0.903. The van der Waals surface area contributed by atoms with Gasteiger partial charge in [0.05, 0.1) is 0 Å². The van der Waals surface area contributed by atoms with Crippen LogP contribution in [0.5, 0.6) is 0 Å². The van der Waals surface area contributed by atoms with Gasteiger partial charge in [0.2, 0.25) is 0 Å². The summed E-state index contributed by atoms with van der Waals surface area (Å²) in [7, 11) is 0. The fraction of sp³-hybridized carbons (Fsp3) is 0.333. The van der Waals surface area contributed by atoms with Crippen molar-refractivity contribution in [1.29, 1.82) is 0 Å². The topological polar surface area (TPSA) is 65.2 Å². The van der Waals surface area contributed by atoms with Crippen LogP contribution in [0.15, 0.2) is 41.2 Å². The maximum atomic E-state index is 13.0. The van der Waals surface area contributed by atoms with Gasteiger partial charge in [-0.1, -0.05) is 0 Å². The third-order valence-electron chi connectivity index (χ3n) is 4.33. The maximum Gasteiger partial charge on any atom is 0.260 e. The van der Waals surface area contributed by atoms with Gasteiger partial charge in [0.15, 0.2) is 0 Å². The minimum absolute atomic E-state index is 0.133. The first kappa shape index (κ1) is 16.2. The molecular weight excluding hydrogens is 309 g/mol. The van der Waals surface area contributed by atoms with Crippen molar-refractivity contribution in [3.63, 3.8) is 0 Å². The lowest BCUT2D eigenvalue weighted by Gasteiger charge is -2.18. The molecule has 3 rings (SSSR count). The van der Waals surface area contributed by atoms with E-state index in [4.69, 9.17) is 0 Å². The summed E-state index contributed by atoms with van der Waals surface area (Å²) in [6.45, 7) is 3.96. The molecule has 2 aromatic rings. The molecule has 24 heavy (non-hydrogen) atoms. The Bertz CT molecular complexity index is 786. The predicted octanol–water partition coefficient (Wildman–Crippen LogP) is 2.08. The molecule has 1 amide bonds. The van der Waals surface area contributed by atoms with Crippen LogP contribution in [-0.4, -0.2) is 30.5 Å². The summed E-state index contributed by atoms with van der Waals surface area (Å²) in [5, 5.41) is 2.84. The van der Waals surface area contributed by atoms with Gasteiger partial charge in [0.25, 0.3) is 11.5 Å². The van der Waals surface area contributed by atoms with Gasteiger partial charge in [0.1, 0.15) is 11.4 Å². The molecule has 0 bridgehead atoms. The Morgan fingerprint density at radius 2 is 2.04 bits per heavy atom. The number of pyridine rings is 1. The number of hydrogen-bond acceptors (Lipinski definition) is 3. The van der Waals surface area contributed by atoms with Crippen molar-refractivity contribution in [3.8, 4) is 0 Å². The fourth-order valence-corrected chi connectivity index (χ4v) is 2.97. The number of carbonyl (C=O) groups excluding carboxylic acids is 1. The van der Waals surface area contributed by atoms with Crippen LogP contribution in [-0.2, 0) is 0 Å². The Kier molecular flexibility index (Phi) is 4.64. The molecule has 2 heterocycles. The van der Waals surface area contributed by atoms with Gasteiger partial charge in [-0.05, 0) is 55.7 Å². The minimum atomic E-state index is -0.369. The van der Waals surface area contributed by atoms with Crippen molar-refractivity contribution in [2.75, 3.05) is 24.5 Å². The zero-order valence-corrected chi connectivity index (χ0v) is 13.5. The molecule has 126 valence electrons. The molecule has 1 saturated heterocycles. The number of aromatic amines is 1. The number of benzene rings is 1. The Labute approximate surface area is 139 Å². The van der Waals surface area contributed by atoms with Gasteiger partial charge in [-0.2, -0.15) is 0 Å². The molecule has 1 fully saturated rings. The van der Waals surface area contributed by atoms with E-state index in [-0.39, 0.29) is 22.8 Å². The molecule has 0 aliphatic carbocycles. The summed E-state index contributed by atoms with van der Waals surface area (Å²) in [5.74, 6) is -0.287. The molecule has 1 aromatic heterocycles. The molecule has 1 aliphatic heterocycles. The Balaban J connectivity index is 1.55. The van der Waals surface area contributed by atoms with E-state index in [9.17, 15) is 14.0 Å². The van der Waals surface area contributed by atoms with Crippen LogP contribution < -0.4 is 15.8 Å². The average Bonchev–Trinajstić information content (AvgIpc) is 3.02. The number of rotatable bonds is 4. The lowest BCUT2D eigenvalue weighted by molar-refractivity contribution is 0.0946. The van der Waals surface area contributed by atoms with Gasteiger partial charge in [-0.15, -0.1) is 0 Å². The standard InChI is InChI=1S/C18H20FN3O2/c1-12-2-7-16(18(24)21-12)17(23)20-10-13-8-9-22(11-13)15-5-3-14(19)4-6-15/h2-7,13H,8-11H2,1H3,(H,20,23)(H,21,24)/t13-/m0/s1. The number of aryl methyl sites for hydroxylation is 1. The van der Waals surface area contributed by atoms with Gasteiger partial charge in [-0.25, -0.2) is 4.39 Å². The van der Waals surface area contributed by atoms with Crippen molar-refractivity contribution >= 4 is 11.6 Å². The number of amides is 1. The van der Waals surface area contributed by atoms with Crippen molar-refractivity contribution in [2.45, 2.75) is 13.3 Å². The summed E-state index contributed by atoms with van der Waals surface area (Å²) in [5.41, 5.74) is 1.48. The number of H-pyrrole nitrogens is 1. The molecule has 5 nitrogen and oxygen atoms in total. The van der Waals surface area contributed by atoms with Crippen LogP contribution in [0.2, 0.25) is 0 Å². The van der Waals surface area contributed by atoms with Crippen LogP contribution in [0.25, 0.3) is 0 Å². The van der Waals surface area contributed by atoms with Crippen LogP contribution >= 0.6 is 0 Å². The lowest BCUT2D eigenvalue weighted by atomic mass is 10.1. The second-order valence-electron chi connectivity index (χ2n) is 6.17. The third-order valence-corrected chi connectivity index (χ3v) is 4.33. The van der Waals surface area contributed by atoms with Gasteiger partial charge < -0.3 is 15.2 Å². The molecule has 0 spiro atoms. The number of nitrogens with zero attached hydrogens (tertiary/aromatic N) is 1. The first-order chi connectivity index (χ1) is 11.5. The van der Waals surface area contributed by atoms with E-state index in [1.165, 1.54) is 12.1 Å². The van der Waals surface area contributed by atoms with Crippen LogP contribution in [0.1, 0.15) is 22.5 Å². The van der Waals surface area contributed by atoms with E-state index in [1.54, 1.807) is 31.2 Å². The summed E-state index contributed by atoms with van der Waals surface area (Å²) in [4.78, 5) is 28.7. The number of aromatic nitrogens is 1. The van der Waals surface area contributed by atoms with E-state index in [0.717, 1.165) is 30.9 Å². The molecular formula is C18H20FN3O2. The highest BCUT2D eigenvalue weighted by molar-refractivity contribution is 5.93. The lowest BCUT2D eigenvalue weighted by Crippen LogP contribution is -2.34. The summed E-state index contributed by atoms with van der Waals surface area (Å²) < 4.78 is 13.0. The zero-order chi connectivity index (χ0) is 17.1. The van der Waals surface area contributed by atoms with Crippen molar-refractivity contribution < 1.29 is 9.18 Å². The smallest absolute Gasteiger partial charge is 0.260 e. The van der Waals surface area contributed by atoms with Crippen molar-refractivity contribution in [1.82, 2.24) is 10.3 Å². The van der Waals surface area contributed by atoms with Gasteiger partial charge in [0, 0.05) is 31.0 Å². The van der Waals surface area contributed by atoms with E-state index < -0.39 is 0 Å². The van der Waals surface area contributed by atoms with E-state index in [0.29, 0.717) is 12.5 Å². The molecule has 0 radical (unpaired) electrons. The largest absolute Gasteiger partial charge is 0.371 e. The number of hydrogen-bond donors (Lipinski definition) is 2. The van der Waals surface area contributed by atoms with Gasteiger partial charge >= 0.3 is 0 Å². The van der Waals surface area contributed by atoms with Crippen molar-refractivity contribution in [3.05, 3.63) is 63.8 Å². The summed E-state index contributed by atoms with van der Waals surface area (Å²) >= 11 is 0. The van der Waals surface area contributed by atoms with E-state index in [1.807, 2.05) is 0 Å². The molecule has 0 saturated carbocycles. The first-order valence-corrected chi connectivity index (χ1v) is 8.01. The first-order valence-electron chi connectivity index (χ1n) is 8.01. The zero-order valence-electron chi connectivity index (χ0n) is 13.5. The third kappa shape index (κ3) is 3.64. The Morgan fingerprint density at radius 1 is 1.29 bits per heavy atom. The Hall–Kier alpha value is -2.63. The SMILES string of the molecule is Cc1ccc(C(=O)NC[C@@H]2CCN(c3ccc(F)cc3)C2)c(=O)[nH]1. The summed E-state index contributed by atoms with van der Waals surface area (Å²) in [6, 6.07) is 9.69. The van der Waals surface area contributed by atoms with Crippen LogP contribution in [0.3, 0.4) is 0 Å². The fourth-order valence-electron chi connectivity index (χ4n) is 2.97. The molecule has 6 heteroatoms. The highest BCUT2D eigenvalue weighted by Crippen LogP contribution is 2.23. The molecule has 1 aliphatic rings. The predicted molar refractivity (Wildman–Crippen MR) is 90.9 cm³/mol. The highest BCUT2D eigenvalue weighted by Gasteiger charge is 2.23. The second kappa shape index (κ2) is 6.86. The number of anilines is 1. The van der Waals surface area contributed by atoms with Crippen LogP contribution in [0.4, 0.5) is 10.1 Å². The van der Waals surface area contributed by atoms with Gasteiger partial charge in [-0.3, -0.25) is 9.59 Å². The minimum Gasteiger partial charge on any atom is -0.371 e. The number of halogens is 1. The van der Waals surface area contributed by atoms with E-state index in [2.05, 4.69) is 15.2 Å². The molecule has 0 unspecified atom stereocenters. The van der Waals surface area contributed by atoms with Crippen molar-refractivity contribution in [2.24, 2.45) is 5.92 Å². The van der Waals surface area contributed by atoms with E-state index >= 15 is 0 Å². The average molecular weight is 329 g/mol. The second-order valence-corrected chi connectivity index (χ2v) is 6.17. The maximum absolute atomic E-state index is 13.0. The number of nitrogens with one attached hydrogen (secondary N) is 2. The molecule has 1 atom stereocenters. The monoisotopic (exact) mass is 329 g/mol. The number of carbonyl (C=O) groups is 1. The van der Waals surface area contributed by atoms with Crippen LogP contribution in [0, 0.1) is 18.7 Å². The molecule has 2 N–H and O–H groups in total. The highest BCUT2D eigenvalue weighted by atomic mass is 19.1.